The lowest BCUT2D eigenvalue weighted by Gasteiger charge is -2.34. The number of hydrogen-bond acceptors (Lipinski definition) is 2. The Morgan fingerprint density at radius 1 is 1.18 bits per heavy atom. The average molecular weight is 232 g/mol. The average Bonchev–Trinajstić information content (AvgIpc) is 2.21. The molecule has 1 N–H and O–H groups in total. The van der Waals surface area contributed by atoms with E-state index in [2.05, 4.69) is 6.07 Å². The fourth-order valence-corrected chi connectivity index (χ4v) is 2.66. The number of ketones is 1. The third kappa shape index (κ3) is 2.14. The van der Waals surface area contributed by atoms with Gasteiger partial charge in [-0.05, 0) is 56.7 Å². The van der Waals surface area contributed by atoms with Crippen LogP contribution < -0.4 is 0 Å². The van der Waals surface area contributed by atoms with Crippen LogP contribution in [-0.2, 0) is 6.42 Å². The van der Waals surface area contributed by atoms with E-state index in [1.807, 2.05) is 19.9 Å². The van der Waals surface area contributed by atoms with Crippen molar-refractivity contribution >= 4 is 5.78 Å². The lowest BCUT2D eigenvalue weighted by Crippen LogP contribution is -2.37. The zero-order chi connectivity index (χ0) is 12.8. The normalized spacial score (nSPS) is 20.3. The number of rotatable bonds is 1. The molecule has 0 heterocycles. The second kappa shape index (κ2) is 3.95. The second-order valence-corrected chi connectivity index (χ2v) is 5.73. The van der Waals surface area contributed by atoms with Crippen LogP contribution in [0.2, 0.25) is 0 Å². The molecular weight excluding hydrogens is 212 g/mol. The van der Waals surface area contributed by atoms with Gasteiger partial charge in [-0.1, -0.05) is 12.1 Å². The molecule has 0 saturated heterocycles. The van der Waals surface area contributed by atoms with Crippen molar-refractivity contribution in [3.63, 3.8) is 0 Å². The number of fused-ring (bicyclic) bond motifs is 1. The van der Waals surface area contributed by atoms with Gasteiger partial charge in [-0.2, -0.15) is 0 Å². The number of aryl methyl sites for hydroxylation is 2. The van der Waals surface area contributed by atoms with Crippen molar-refractivity contribution in [3.05, 3.63) is 34.4 Å². The lowest BCUT2D eigenvalue weighted by molar-refractivity contribution is 0.0116. The summed E-state index contributed by atoms with van der Waals surface area (Å²) >= 11 is 0. The maximum atomic E-state index is 12.2. The van der Waals surface area contributed by atoms with Crippen LogP contribution in [0.1, 0.15) is 47.3 Å². The summed E-state index contributed by atoms with van der Waals surface area (Å²) in [4.78, 5) is 12.2. The SMILES string of the molecule is Cc1ccc(C)c2c1CC(C(C)(C)O)CC2=O. The number of hydrogen-bond donors (Lipinski definition) is 1. The van der Waals surface area contributed by atoms with E-state index in [1.165, 1.54) is 0 Å². The third-order valence-electron chi connectivity index (χ3n) is 3.92. The highest BCUT2D eigenvalue weighted by atomic mass is 16.3. The lowest BCUT2D eigenvalue weighted by atomic mass is 9.73. The van der Waals surface area contributed by atoms with E-state index in [4.69, 9.17) is 0 Å². The molecule has 1 aliphatic rings. The highest BCUT2D eigenvalue weighted by Gasteiger charge is 2.35. The van der Waals surface area contributed by atoms with E-state index < -0.39 is 5.60 Å². The number of benzene rings is 1. The molecule has 2 rings (SSSR count). The van der Waals surface area contributed by atoms with Gasteiger partial charge >= 0.3 is 0 Å². The Morgan fingerprint density at radius 3 is 2.35 bits per heavy atom. The van der Waals surface area contributed by atoms with Gasteiger partial charge in [0, 0.05) is 12.0 Å². The van der Waals surface area contributed by atoms with Crippen molar-refractivity contribution in [2.45, 2.75) is 46.1 Å². The summed E-state index contributed by atoms with van der Waals surface area (Å²) in [6.45, 7) is 7.61. The van der Waals surface area contributed by atoms with Gasteiger partial charge in [0.05, 0.1) is 5.60 Å². The minimum atomic E-state index is -0.788. The molecule has 2 heteroatoms. The molecule has 0 fully saturated rings. The van der Waals surface area contributed by atoms with Crippen LogP contribution in [-0.4, -0.2) is 16.5 Å². The topological polar surface area (TPSA) is 37.3 Å². The van der Waals surface area contributed by atoms with Gasteiger partial charge in [0.2, 0.25) is 0 Å². The molecule has 0 radical (unpaired) electrons. The summed E-state index contributed by atoms with van der Waals surface area (Å²) in [6, 6.07) is 4.07. The maximum Gasteiger partial charge on any atom is 0.163 e. The summed E-state index contributed by atoms with van der Waals surface area (Å²) in [5, 5.41) is 10.1. The summed E-state index contributed by atoms with van der Waals surface area (Å²) in [5.74, 6) is 0.211. The number of aliphatic hydroxyl groups is 1. The summed E-state index contributed by atoms with van der Waals surface area (Å²) < 4.78 is 0. The van der Waals surface area contributed by atoms with Crippen LogP contribution in [0.3, 0.4) is 0 Å². The van der Waals surface area contributed by atoms with E-state index in [1.54, 1.807) is 13.8 Å². The molecule has 17 heavy (non-hydrogen) atoms. The van der Waals surface area contributed by atoms with Gasteiger partial charge in [0.15, 0.2) is 5.78 Å². The van der Waals surface area contributed by atoms with E-state index >= 15 is 0 Å². The fourth-order valence-electron chi connectivity index (χ4n) is 2.66. The first kappa shape index (κ1) is 12.3. The summed E-state index contributed by atoms with van der Waals surface area (Å²) in [6.07, 6.45) is 1.26. The molecule has 1 aromatic rings. The predicted octanol–water partition coefficient (Wildman–Crippen LogP) is 2.82. The summed E-state index contributed by atoms with van der Waals surface area (Å²) in [7, 11) is 0. The van der Waals surface area contributed by atoms with E-state index in [-0.39, 0.29) is 11.7 Å². The van der Waals surface area contributed by atoms with E-state index in [0.717, 1.165) is 28.7 Å². The zero-order valence-electron chi connectivity index (χ0n) is 11.0. The Morgan fingerprint density at radius 2 is 1.76 bits per heavy atom. The van der Waals surface area contributed by atoms with Crippen LogP contribution >= 0.6 is 0 Å². The monoisotopic (exact) mass is 232 g/mol. The van der Waals surface area contributed by atoms with Crippen molar-refractivity contribution < 1.29 is 9.90 Å². The third-order valence-corrected chi connectivity index (χ3v) is 3.92. The molecular formula is C15H20O2. The molecule has 2 nitrogen and oxygen atoms in total. The molecule has 1 aliphatic carbocycles. The van der Waals surface area contributed by atoms with Crippen LogP contribution in [0.4, 0.5) is 0 Å². The van der Waals surface area contributed by atoms with Gasteiger partial charge in [-0.15, -0.1) is 0 Å². The quantitative estimate of drug-likeness (QED) is 0.808. The Kier molecular flexibility index (Phi) is 2.86. The smallest absolute Gasteiger partial charge is 0.163 e. The minimum Gasteiger partial charge on any atom is -0.390 e. The van der Waals surface area contributed by atoms with Crippen LogP contribution in [0, 0.1) is 19.8 Å². The highest BCUT2D eigenvalue weighted by molar-refractivity contribution is 6.00. The van der Waals surface area contributed by atoms with E-state index in [0.29, 0.717) is 6.42 Å². The van der Waals surface area contributed by atoms with Gasteiger partial charge in [0.25, 0.3) is 0 Å². The molecule has 0 spiro atoms. The summed E-state index contributed by atoms with van der Waals surface area (Å²) in [5.41, 5.74) is 3.46. The maximum absolute atomic E-state index is 12.2. The molecule has 0 aliphatic heterocycles. The Hall–Kier alpha value is -1.15. The van der Waals surface area contributed by atoms with Crippen LogP contribution in [0.25, 0.3) is 0 Å². The number of carbonyl (C=O) groups excluding carboxylic acids is 1. The molecule has 0 aromatic heterocycles. The minimum absolute atomic E-state index is 0.0306. The highest BCUT2D eigenvalue weighted by Crippen LogP contribution is 2.35. The molecule has 1 unspecified atom stereocenters. The van der Waals surface area contributed by atoms with E-state index in [9.17, 15) is 9.90 Å². The van der Waals surface area contributed by atoms with Gasteiger partial charge in [0.1, 0.15) is 0 Å². The van der Waals surface area contributed by atoms with Gasteiger partial charge in [-0.25, -0.2) is 0 Å². The number of carbonyl (C=O) groups is 1. The molecule has 1 aromatic carbocycles. The Balaban J connectivity index is 2.50. The van der Waals surface area contributed by atoms with Crippen molar-refractivity contribution in [2.75, 3.05) is 0 Å². The van der Waals surface area contributed by atoms with Crippen molar-refractivity contribution in [2.24, 2.45) is 5.92 Å². The van der Waals surface area contributed by atoms with Crippen LogP contribution in [0.15, 0.2) is 12.1 Å². The van der Waals surface area contributed by atoms with Crippen molar-refractivity contribution in [1.82, 2.24) is 0 Å². The van der Waals surface area contributed by atoms with Crippen molar-refractivity contribution in [1.29, 1.82) is 0 Å². The van der Waals surface area contributed by atoms with Crippen LogP contribution in [0.5, 0.6) is 0 Å². The second-order valence-electron chi connectivity index (χ2n) is 5.73. The molecule has 0 amide bonds. The molecule has 0 bridgehead atoms. The molecule has 92 valence electrons. The van der Waals surface area contributed by atoms with Gasteiger partial charge in [-0.3, -0.25) is 4.79 Å². The predicted molar refractivity (Wildman–Crippen MR) is 68.4 cm³/mol. The van der Waals surface area contributed by atoms with Gasteiger partial charge < -0.3 is 5.11 Å². The fraction of sp³-hybridized carbons (Fsp3) is 0.533. The standard InChI is InChI=1S/C15H20O2/c1-9-5-6-10(2)14-12(9)7-11(8-13(14)16)15(3,4)17/h5-6,11,17H,7-8H2,1-4H3. The first-order chi connectivity index (χ1) is 7.80. The Labute approximate surface area is 103 Å². The van der Waals surface area contributed by atoms with Crippen molar-refractivity contribution in [3.8, 4) is 0 Å². The first-order valence-corrected chi connectivity index (χ1v) is 6.15. The Bertz CT molecular complexity index is 467. The largest absolute Gasteiger partial charge is 0.390 e. The zero-order valence-corrected chi connectivity index (χ0v) is 11.0. The number of Topliss-reactive ketones (excluding diaryl/α,β-unsaturated/α-hetero) is 1. The first-order valence-electron chi connectivity index (χ1n) is 6.15. The molecule has 1 atom stereocenters. The molecule has 0 saturated carbocycles.